The van der Waals surface area contributed by atoms with Crippen molar-refractivity contribution in [2.75, 3.05) is 19.8 Å². The van der Waals surface area contributed by atoms with Gasteiger partial charge in [-0.15, -0.1) is 0 Å². The van der Waals surface area contributed by atoms with E-state index in [1.807, 2.05) is 36.4 Å². The predicted molar refractivity (Wildman–Crippen MR) is 92.5 cm³/mol. The lowest BCUT2D eigenvalue weighted by Gasteiger charge is -2.23. The third-order valence-corrected chi connectivity index (χ3v) is 4.31. The highest BCUT2D eigenvalue weighted by molar-refractivity contribution is 6.08. The van der Waals surface area contributed by atoms with E-state index in [1.165, 1.54) is 5.56 Å². The normalized spacial score (nSPS) is 17.6. The lowest BCUT2D eigenvalue weighted by molar-refractivity contribution is 0.104. The van der Waals surface area contributed by atoms with Gasteiger partial charge >= 0.3 is 0 Å². The van der Waals surface area contributed by atoms with Crippen LogP contribution >= 0.6 is 0 Å². The molecule has 4 heteroatoms. The van der Waals surface area contributed by atoms with Crippen molar-refractivity contribution in [3.63, 3.8) is 0 Å². The lowest BCUT2D eigenvalue weighted by atomic mass is 9.95. The van der Waals surface area contributed by atoms with Crippen LogP contribution in [0.2, 0.25) is 0 Å². The fourth-order valence-electron chi connectivity index (χ4n) is 3.08. The maximum absolute atomic E-state index is 12.5. The third kappa shape index (κ3) is 2.87. The maximum Gasteiger partial charge on any atom is 0.187 e. The molecule has 0 fully saturated rings. The maximum atomic E-state index is 12.5. The Morgan fingerprint density at radius 1 is 1.04 bits per heavy atom. The Morgan fingerprint density at radius 3 is 2.58 bits per heavy atom. The molecule has 2 heterocycles. The quantitative estimate of drug-likeness (QED) is 0.681. The molecule has 4 nitrogen and oxygen atoms in total. The number of hydrogen-bond donors (Lipinski definition) is 1. The Bertz CT molecular complexity index is 796. The zero-order valence-electron chi connectivity index (χ0n) is 13.4. The van der Waals surface area contributed by atoms with E-state index in [0.29, 0.717) is 18.8 Å². The number of ketones is 1. The molecule has 2 aliphatic heterocycles. The molecule has 122 valence electrons. The zero-order chi connectivity index (χ0) is 16.4. The summed E-state index contributed by atoms with van der Waals surface area (Å²) in [6, 6.07) is 13.4. The van der Waals surface area contributed by atoms with Crippen LogP contribution < -0.4 is 14.8 Å². The lowest BCUT2D eigenvalue weighted by Crippen LogP contribution is -2.23. The van der Waals surface area contributed by atoms with Crippen LogP contribution in [0.3, 0.4) is 0 Å². The van der Waals surface area contributed by atoms with Gasteiger partial charge in [0, 0.05) is 35.9 Å². The fraction of sp³-hybridized carbons (Fsp3) is 0.250. The molecule has 0 aromatic heterocycles. The summed E-state index contributed by atoms with van der Waals surface area (Å²) in [6.45, 7) is 2.14. The van der Waals surface area contributed by atoms with Crippen molar-refractivity contribution >= 4 is 11.5 Å². The van der Waals surface area contributed by atoms with E-state index >= 15 is 0 Å². The SMILES string of the molecule is O=C(/C=C1\NCCc2cc3c(cc21)OCCCO3)c1ccccc1. The van der Waals surface area contributed by atoms with Gasteiger partial charge in [-0.2, -0.15) is 0 Å². The van der Waals surface area contributed by atoms with E-state index in [2.05, 4.69) is 11.4 Å². The number of rotatable bonds is 2. The second-order valence-electron chi connectivity index (χ2n) is 5.97. The molecule has 0 bridgehead atoms. The van der Waals surface area contributed by atoms with Gasteiger partial charge < -0.3 is 14.8 Å². The minimum atomic E-state index is -0.00180. The average molecular weight is 321 g/mol. The van der Waals surface area contributed by atoms with Crippen LogP contribution in [0.25, 0.3) is 5.70 Å². The first kappa shape index (κ1) is 14.8. The minimum Gasteiger partial charge on any atom is -0.490 e. The van der Waals surface area contributed by atoms with Gasteiger partial charge in [-0.3, -0.25) is 4.79 Å². The van der Waals surface area contributed by atoms with E-state index in [0.717, 1.165) is 42.1 Å². The van der Waals surface area contributed by atoms with Crippen LogP contribution in [-0.4, -0.2) is 25.5 Å². The van der Waals surface area contributed by atoms with E-state index in [9.17, 15) is 4.79 Å². The van der Waals surface area contributed by atoms with Gasteiger partial charge in [-0.25, -0.2) is 0 Å². The molecule has 0 spiro atoms. The molecule has 0 radical (unpaired) electrons. The molecule has 0 unspecified atom stereocenters. The summed E-state index contributed by atoms with van der Waals surface area (Å²) >= 11 is 0. The molecule has 0 saturated carbocycles. The number of carbonyl (C=O) groups excluding carboxylic acids is 1. The van der Waals surface area contributed by atoms with Gasteiger partial charge in [0.1, 0.15) is 0 Å². The monoisotopic (exact) mass is 321 g/mol. The molecule has 4 rings (SSSR count). The predicted octanol–water partition coefficient (Wildman–Crippen LogP) is 3.22. The second kappa shape index (κ2) is 6.40. The molecule has 1 N–H and O–H groups in total. The van der Waals surface area contributed by atoms with E-state index in [-0.39, 0.29) is 5.78 Å². The summed E-state index contributed by atoms with van der Waals surface area (Å²) in [5, 5.41) is 3.34. The van der Waals surface area contributed by atoms with Crippen LogP contribution in [0.15, 0.2) is 48.5 Å². The van der Waals surface area contributed by atoms with Crippen LogP contribution in [0.1, 0.15) is 27.9 Å². The van der Waals surface area contributed by atoms with Crippen LogP contribution in [0, 0.1) is 0 Å². The number of benzene rings is 2. The van der Waals surface area contributed by atoms with Gasteiger partial charge in [0.2, 0.25) is 0 Å². The third-order valence-electron chi connectivity index (χ3n) is 4.31. The highest BCUT2D eigenvalue weighted by atomic mass is 16.5. The minimum absolute atomic E-state index is 0.00180. The topological polar surface area (TPSA) is 47.6 Å². The Labute approximate surface area is 141 Å². The van der Waals surface area contributed by atoms with Gasteiger partial charge in [0.15, 0.2) is 17.3 Å². The fourth-order valence-corrected chi connectivity index (χ4v) is 3.08. The number of ether oxygens (including phenoxy) is 2. The standard InChI is InChI=1S/C20H19NO3/c22-18(14-5-2-1-3-6-14)13-17-16-12-20-19(23-9-4-10-24-20)11-15(16)7-8-21-17/h1-3,5-6,11-13,21H,4,7-10H2/b17-13-. The molecule has 2 aromatic carbocycles. The highest BCUT2D eigenvalue weighted by Crippen LogP contribution is 2.36. The number of nitrogens with one attached hydrogen (secondary N) is 1. The van der Waals surface area contributed by atoms with E-state index in [1.54, 1.807) is 6.08 Å². The van der Waals surface area contributed by atoms with Crippen LogP contribution in [-0.2, 0) is 6.42 Å². The molecule has 2 aromatic rings. The largest absolute Gasteiger partial charge is 0.490 e. The van der Waals surface area contributed by atoms with Gasteiger partial charge in [0.25, 0.3) is 0 Å². The molecular formula is C20H19NO3. The number of fused-ring (bicyclic) bond motifs is 2. The highest BCUT2D eigenvalue weighted by Gasteiger charge is 2.20. The Morgan fingerprint density at radius 2 is 1.79 bits per heavy atom. The first-order chi connectivity index (χ1) is 11.8. The van der Waals surface area contributed by atoms with E-state index in [4.69, 9.17) is 9.47 Å². The first-order valence-electron chi connectivity index (χ1n) is 8.29. The Hall–Kier alpha value is -2.75. The summed E-state index contributed by atoms with van der Waals surface area (Å²) in [7, 11) is 0. The van der Waals surface area contributed by atoms with Crippen molar-refractivity contribution in [2.45, 2.75) is 12.8 Å². The van der Waals surface area contributed by atoms with Crippen molar-refractivity contribution < 1.29 is 14.3 Å². The van der Waals surface area contributed by atoms with Crippen molar-refractivity contribution in [3.8, 4) is 11.5 Å². The average Bonchev–Trinajstić information content (AvgIpc) is 2.86. The summed E-state index contributed by atoms with van der Waals surface area (Å²) in [6.07, 6.45) is 3.47. The molecule has 24 heavy (non-hydrogen) atoms. The molecule has 0 atom stereocenters. The summed E-state index contributed by atoms with van der Waals surface area (Å²) in [5.41, 5.74) is 3.74. The number of hydrogen-bond acceptors (Lipinski definition) is 4. The van der Waals surface area contributed by atoms with Gasteiger partial charge in [-0.05, 0) is 24.1 Å². The number of carbonyl (C=O) groups is 1. The van der Waals surface area contributed by atoms with Gasteiger partial charge in [0.05, 0.1) is 13.2 Å². The summed E-state index contributed by atoms with van der Waals surface area (Å²) in [4.78, 5) is 12.5. The Balaban J connectivity index is 1.72. The summed E-state index contributed by atoms with van der Waals surface area (Å²) in [5.74, 6) is 1.56. The molecule has 0 amide bonds. The van der Waals surface area contributed by atoms with Crippen molar-refractivity contribution in [1.29, 1.82) is 0 Å². The van der Waals surface area contributed by atoms with E-state index < -0.39 is 0 Å². The van der Waals surface area contributed by atoms with Crippen LogP contribution in [0.4, 0.5) is 0 Å². The molecular weight excluding hydrogens is 302 g/mol. The second-order valence-corrected chi connectivity index (χ2v) is 5.97. The smallest absolute Gasteiger partial charge is 0.187 e. The molecule has 2 aliphatic rings. The Kier molecular flexibility index (Phi) is 3.95. The molecule has 0 aliphatic carbocycles. The van der Waals surface area contributed by atoms with Crippen molar-refractivity contribution in [2.24, 2.45) is 0 Å². The molecule has 0 saturated heterocycles. The summed E-state index contributed by atoms with van der Waals surface area (Å²) < 4.78 is 11.6. The zero-order valence-corrected chi connectivity index (χ0v) is 13.4. The number of allylic oxidation sites excluding steroid dienone is 1. The van der Waals surface area contributed by atoms with Crippen molar-refractivity contribution in [1.82, 2.24) is 5.32 Å². The van der Waals surface area contributed by atoms with Crippen LogP contribution in [0.5, 0.6) is 11.5 Å². The first-order valence-corrected chi connectivity index (χ1v) is 8.29. The van der Waals surface area contributed by atoms with Crippen molar-refractivity contribution in [3.05, 3.63) is 65.2 Å². The van der Waals surface area contributed by atoms with Gasteiger partial charge in [-0.1, -0.05) is 30.3 Å².